The molecule has 7 heteroatoms. The molecule has 0 bridgehead atoms. The molecule has 0 saturated heterocycles. The first-order chi connectivity index (χ1) is 10.6. The molecule has 116 valence electrons. The molecule has 1 saturated carbocycles. The number of halogens is 1. The zero-order chi connectivity index (χ0) is 15.5. The van der Waals surface area contributed by atoms with Gasteiger partial charge in [-0.25, -0.2) is 4.98 Å². The van der Waals surface area contributed by atoms with Crippen LogP contribution in [0.15, 0.2) is 30.5 Å². The Morgan fingerprint density at radius 2 is 2.05 bits per heavy atom. The van der Waals surface area contributed by atoms with Gasteiger partial charge in [-0.2, -0.15) is 4.98 Å². The first-order valence-electron chi connectivity index (χ1n) is 7.12. The average Bonchev–Trinajstić information content (AvgIpc) is 2.89. The highest BCUT2D eigenvalue weighted by Crippen LogP contribution is 2.31. The molecule has 1 aliphatic rings. The number of hydrogen-bond acceptors (Lipinski definition) is 6. The van der Waals surface area contributed by atoms with Crippen molar-refractivity contribution in [3.05, 3.63) is 35.5 Å². The maximum Gasteiger partial charge on any atom is 0.222 e. The number of hydrogen-bond donors (Lipinski definition) is 3. The van der Waals surface area contributed by atoms with Crippen LogP contribution in [0.1, 0.15) is 19.3 Å². The Bertz CT molecular complexity index is 650. The first kappa shape index (κ1) is 14.9. The van der Waals surface area contributed by atoms with E-state index in [1.54, 1.807) is 24.3 Å². The lowest BCUT2D eigenvalue weighted by molar-refractivity contribution is 0.171. The average molecular weight is 321 g/mol. The van der Waals surface area contributed by atoms with Crippen molar-refractivity contribution >= 4 is 23.4 Å². The number of nitrogens with two attached hydrogens (primary N) is 1. The number of ether oxygens (including phenoxy) is 1. The number of nitrogen functional groups attached to an aromatic ring is 1. The van der Waals surface area contributed by atoms with Crippen molar-refractivity contribution in [3.8, 4) is 11.5 Å². The number of aromatic nitrogens is 2. The number of aliphatic hydroxyl groups excluding tert-OH is 1. The molecule has 22 heavy (non-hydrogen) atoms. The third kappa shape index (κ3) is 3.40. The van der Waals surface area contributed by atoms with Crippen LogP contribution in [-0.2, 0) is 0 Å². The Balaban J connectivity index is 1.82. The fourth-order valence-corrected chi connectivity index (χ4v) is 2.60. The van der Waals surface area contributed by atoms with Crippen LogP contribution in [0.4, 0.5) is 11.8 Å². The van der Waals surface area contributed by atoms with Gasteiger partial charge in [0, 0.05) is 5.02 Å². The van der Waals surface area contributed by atoms with Gasteiger partial charge in [0.05, 0.1) is 18.3 Å². The molecule has 3 rings (SSSR count). The van der Waals surface area contributed by atoms with Crippen molar-refractivity contribution in [1.82, 2.24) is 9.97 Å². The molecular weight excluding hydrogens is 304 g/mol. The molecule has 2 aromatic rings. The van der Waals surface area contributed by atoms with Gasteiger partial charge in [-0.15, -0.1) is 0 Å². The van der Waals surface area contributed by atoms with Crippen LogP contribution in [0.3, 0.4) is 0 Å². The number of nitrogens with zero attached hydrogens (tertiary/aromatic N) is 2. The lowest BCUT2D eigenvalue weighted by atomic mass is 10.2. The summed E-state index contributed by atoms with van der Waals surface area (Å²) in [5.41, 5.74) is 5.65. The maximum atomic E-state index is 9.94. The van der Waals surface area contributed by atoms with Crippen LogP contribution in [0.25, 0.3) is 0 Å². The van der Waals surface area contributed by atoms with E-state index in [-0.39, 0.29) is 18.1 Å². The topological polar surface area (TPSA) is 93.3 Å². The molecule has 1 aromatic heterocycles. The van der Waals surface area contributed by atoms with Crippen LogP contribution < -0.4 is 15.8 Å². The van der Waals surface area contributed by atoms with Gasteiger partial charge in [0.15, 0.2) is 11.6 Å². The summed E-state index contributed by atoms with van der Waals surface area (Å²) < 4.78 is 5.78. The molecule has 2 atom stereocenters. The maximum absolute atomic E-state index is 9.94. The summed E-state index contributed by atoms with van der Waals surface area (Å²) in [6, 6.07) is 6.94. The quantitative estimate of drug-likeness (QED) is 0.802. The minimum atomic E-state index is -0.389. The smallest absolute Gasteiger partial charge is 0.222 e. The summed E-state index contributed by atoms with van der Waals surface area (Å²) in [4.78, 5) is 8.14. The van der Waals surface area contributed by atoms with Gasteiger partial charge < -0.3 is 20.9 Å². The van der Waals surface area contributed by atoms with Crippen LogP contribution in [0.2, 0.25) is 5.02 Å². The SMILES string of the molecule is Nc1ncc(Oc2ccc(Cl)cc2)c(N[C@@H]2CCC[C@@H]2O)n1. The molecule has 0 amide bonds. The van der Waals surface area contributed by atoms with Crippen LogP contribution in [-0.4, -0.2) is 27.2 Å². The lowest BCUT2D eigenvalue weighted by Crippen LogP contribution is -2.28. The van der Waals surface area contributed by atoms with Crippen molar-refractivity contribution < 1.29 is 9.84 Å². The molecule has 1 aromatic carbocycles. The van der Waals surface area contributed by atoms with E-state index >= 15 is 0 Å². The van der Waals surface area contributed by atoms with Gasteiger partial charge in [0.1, 0.15) is 5.75 Å². The van der Waals surface area contributed by atoms with E-state index in [1.807, 2.05) is 0 Å². The summed E-state index contributed by atoms with van der Waals surface area (Å²) in [6.45, 7) is 0. The van der Waals surface area contributed by atoms with E-state index in [2.05, 4.69) is 15.3 Å². The standard InChI is InChI=1S/C15H17ClN4O2/c16-9-4-6-10(7-5-9)22-13-8-18-15(17)20-14(13)19-11-2-1-3-12(11)21/h4-8,11-12,21H,1-3H2,(H3,17,18,19,20)/t11-,12+/m1/s1. The Labute approximate surface area is 133 Å². The van der Waals surface area contributed by atoms with Gasteiger partial charge in [-0.1, -0.05) is 11.6 Å². The molecule has 0 unspecified atom stereocenters. The summed E-state index contributed by atoms with van der Waals surface area (Å²) in [5.74, 6) is 1.70. The second-order valence-corrected chi connectivity index (χ2v) is 5.68. The summed E-state index contributed by atoms with van der Waals surface area (Å²) in [6.07, 6.45) is 3.77. The van der Waals surface area contributed by atoms with Crippen molar-refractivity contribution in [2.24, 2.45) is 0 Å². The van der Waals surface area contributed by atoms with Gasteiger partial charge >= 0.3 is 0 Å². The number of nitrogens with one attached hydrogen (secondary N) is 1. The third-order valence-electron chi connectivity index (χ3n) is 3.62. The number of anilines is 2. The van der Waals surface area contributed by atoms with E-state index in [9.17, 15) is 5.11 Å². The van der Waals surface area contributed by atoms with Gasteiger partial charge in [0.25, 0.3) is 0 Å². The number of benzene rings is 1. The predicted octanol–water partition coefficient (Wildman–Crippen LogP) is 2.83. The van der Waals surface area contributed by atoms with Crippen molar-refractivity contribution in [3.63, 3.8) is 0 Å². The monoisotopic (exact) mass is 320 g/mol. The Kier molecular flexibility index (Phi) is 4.31. The Morgan fingerprint density at radius 3 is 2.73 bits per heavy atom. The predicted molar refractivity (Wildman–Crippen MR) is 85.2 cm³/mol. The highest BCUT2D eigenvalue weighted by atomic mass is 35.5. The fraction of sp³-hybridized carbons (Fsp3) is 0.333. The molecule has 1 aliphatic carbocycles. The third-order valence-corrected chi connectivity index (χ3v) is 3.87. The molecule has 6 nitrogen and oxygen atoms in total. The minimum absolute atomic E-state index is 0.0538. The number of aliphatic hydroxyl groups is 1. The molecule has 0 radical (unpaired) electrons. The fourth-order valence-electron chi connectivity index (χ4n) is 2.48. The van der Waals surface area contributed by atoms with Crippen LogP contribution in [0.5, 0.6) is 11.5 Å². The van der Waals surface area contributed by atoms with E-state index in [1.165, 1.54) is 6.20 Å². The lowest BCUT2D eigenvalue weighted by Gasteiger charge is -2.19. The largest absolute Gasteiger partial charge is 0.452 e. The zero-order valence-electron chi connectivity index (χ0n) is 11.9. The Morgan fingerprint density at radius 1 is 1.27 bits per heavy atom. The molecule has 4 N–H and O–H groups in total. The normalized spacial score (nSPS) is 20.8. The highest BCUT2D eigenvalue weighted by Gasteiger charge is 2.26. The van der Waals surface area contributed by atoms with E-state index in [4.69, 9.17) is 22.1 Å². The summed E-state index contributed by atoms with van der Waals surface area (Å²) in [5, 5.41) is 13.8. The second kappa shape index (κ2) is 6.37. The van der Waals surface area contributed by atoms with E-state index < -0.39 is 0 Å². The van der Waals surface area contributed by atoms with Crippen molar-refractivity contribution in [2.45, 2.75) is 31.4 Å². The zero-order valence-corrected chi connectivity index (χ0v) is 12.6. The van der Waals surface area contributed by atoms with Crippen LogP contribution >= 0.6 is 11.6 Å². The second-order valence-electron chi connectivity index (χ2n) is 5.25. The molecule has 1 fully saturated rings. The molecule has 0 spiro atoms. The van der Waals surface area contributed by atoms with Gasteiger partial charge in [0.2, 0.25) is 5.95 Å². The molecule has 0 aliphatic heterocycles. The van der Waals surface area contributed by atoms with Gasteiger partial charge in [-0.3, -0.25) is 0 Å². The van der Waals surface area contributed by atoms with Crippen LogP contribution in [0, 0.1) is 0 Å². The minimum Gasteiger partial charge on any atom is -0.452 e. The van der Waals surface area contributed by atoms with E-state index in [0.717, 1.165) is 19.3 Å². The molecule has 1 heterocycles. The van der Waals surface area contributed by atoms with Crippen molar-refractivity contribution in [1.29, 1.82) is 0 Å². The number of rotatable bonds is 4. The van der Waals surface area contributed by atoms with Crippen molar-refractivity contribution in [2.75, 3.05) is 11.1 Å². The molecular formula is C15H17ClN4O2. The highest BCUT2D eigenvalue weighted by molar-refractivity contribution is 6.30. The summed E-state index contributed by atoms with van der Waals surface area (Å²) >= 11 is 5.86. The first-order valence-corrected chi connectivity index (χ1v) is 7.50. The van der Waals surface area contributed by atoms with Gasteiger partial charge in [-0.05, 0) is 43.5 Å². The summed E-state index contributed by atoms with van der Waals surface area (Å²) in [7, 11) is 0. The Hall–Kier alpha value is -2.05. The van der Waals surface area contributed by atoms with E-state index in [0.29, 0.717) is 22.3 Å².